The number of aromatic nitrogens is 3. The molecule has 6 heteroatoms. The number of nitrogens with zero attached hydrogens (tertiary/aromatic N) is 5. The molecule has 6 aromatic carbocycles. The van der Waals surface area contributed by atoms with Crippen LogP contribution in [0.2, 0.25) is 0 Å². The van der Waals surface area contributed by atoms with Gasteiger partial charge in [0, 0.05) is 54.5 Å². The Hall–Kier alpha value is -5.38. The number of benzene rings is 6. The van der Waals surface area contributed by atoms with Gasteiger partial charge in [0.2, 0.25) is 0 Å². The molecule has 0 bridgehead atoms. The molecule has 1 aliphatic rings. The number of anilines is 3. The van der Waals surface area contributed by atoms with Gasteiger partial charge in [0.25, 0.3) is 0 Å². The molecule has 3 heterocycles. The zero-order valence-electron chi connectivity index (χ0n) is 28.9. The van der Waals surface area contributed by atoms with E-state index < -0.39 is 0 Å². The first-order valence-electron chi connectivity index (χ1n) is 17.1. The molecule has 254 valence electrons. The minimum atomic E-state index is -0.201. The number of rotatable bonds is 5. The minimum Gasteiger partial charge on any atom is -0.504 e. The molecule has 0 radical (unpaired) electrons. The van der Waals surface area contributed by atoms with Gasteiger partial charge in [-0.15, -0.1) is 41.4 Å². The summed E-state index contributed by atoms with van der Waals surface area (Å²) < 4.78 is 4.39. The van der Waals surface area contributed by atoms with Gasteiger partial charge in [0.15, 0.2) is 0 Å². The second-order valence-electron chi connectivity index (χ2n) is 13.9. The molecule has 0 saturated heterocycles. The van der Waals surface area contributed by atoms with E-state index in [1.165, 1.54) is 11.1 Å². The quantitative estimate of drug-likeness (QED) is 0.162. The standard InChI is InChI=1S/C45H36N5.Pt/c1-45(2,3)44-42(31-16-7-5-8-17-31)43(32-18-9-6-10-19-32)50(46-44)35-26-27-37-36-22-11-12-23-38(36)49(41(37)29-35)34-21-15-20-33(28-34)48-30-47(4)39-24-13-14-25-40(39)48;/h5-27,30H,1-4H3;/q-3;. The Bertz CT molecular complexity index is 2520. The molecule has 0 fully saturated rings. The van der Waals surface area contributed by atoms with Crippen molar-refractivity contribution in [3.8, 4) is 33.8 Å². The molecule has 5 nitrogen and oxygen atoms in total. The van der Waals surface area contributed by atoms with E-state index in [4.69, 9.17) is 5.10 Å². The summed E-state index contributed by atoms with van der Waals surface area (Å²) in [4.78, 5) is 4.36. The van der Waals surface area contributed by atoms with E-state index in [9.17, 15) is 0 Å². The second kappa shape index (κ2) is 12.7. The molecule has 51 heavy (non-hydrogen) atoms. The topological polar surface area (TPSA) is 29.2 Å². The van der Waals surface area contributed by atoms with Crippen LogP contribution < -0.4 is 9.80 Å². The van der Waals surface area contributed by atoms with Crippen molar-refractivity contribution < 1.29 is 21.1 Å². The first-order valence-corrected chi connectivity index (χ1v) is 17.1. The molecule has 1 aliphatic heterocycles. The third-order valence-corrected chi connectivity index (χ3v) is 9.58. The van der Waals surface area contributed by atoms with Gasteiger partial charge in [-0.05, 0) is 41.9 Å². The predicted octanol–water partition coefficient (Wildman–Crippen LogP) is 10.9. The van der Waals surface area contributed by atoms with Crippen LogP contribution in [0.3, 0.4) is 0 Å². The fourth-order valence-electron chi connectivity index (χ4n) is 7.29. The van der Waals surface area contributed by atoms with Crippen molar-refractivity contribution in [1.82, 2.24) is 14.3 Å². The average molecular weight is 842 g/mol. The number of hydrogen-bond donors (Lipinski definition) is 0. The van der Waals surface area contributed by atoms with Crippen molar-refractivity contribution in [2.24, 2.45) is 0 Å². The Labute approximate surface area is 313 Å². The fraction of sp³-hybridized carbons (Fsp3) is 0.111. The summed E-state index contributed by atoms with van der Waals surface area (Å²) in [5, 5.41) is 7.72. The Morgan fingerprint density at radius 3 is 1.98 bits per heavy atom. The van der Waals surface area contributed by atoms with Gasteiger partial charge in [-0.1, -0.05) is 123 Å². The Morgan fingerprint density at radius 1 is 0.588 bits per heavy atom. The first kappa shape index (κ1) is 32.8. The molecule has 0 atom stereocenters. The Balaban J connectivity index is 0.00000374. The third kappa shape index (κ3) is 5.48. The van der Waals surface area contributed by atoms with Crippen LogP contribution >= 0.6 is 0 Å². The molecule has 2 aromatic heterocycles. The van der Waals surface area contributed by atoms with Crippen LogP contribution in [0.15, 0.2) is 140 Å². The van der Waals surface area contributed by atoms with Gasteiger partial charge in [0.05, 0.1) is 11.4 Å². The summed E-state index contributed by atoms with van der Waals surface area (Å²) >= 11 is 0. The summed E-state index contributed by atoms with van der Waals surface area (Å²) in [6.45, 7) is 8.84. The molecule has 0 saturated carbocycles. The molecule has 0 N–H and O–H groups in total. The van der Waals surface area contributed by atoms with Crippen LogP contribution in [-0.2, 0) is 26.5 Å². The molecule has 0 spiro atoms. The van der Waals surface area contributed by atoms with E-state index in [2.05, 4.69) is 205 Å². The maximum absolute atomic E-state index is 5.42. The van der Waals surface area contributed by atoms with Gasteiger partial charge in [0.1, 0.15) is 0 Å². The zero-order chi connectivity index (χ0) is 34.0. The third-order valence-electron chi connectivity index (χ3n) is 9.58. The van der Waals surface area contributed by atoms with Crippen LogP contribution in [0.25, 0.3) is 55.6 Å². The summed E-state index contributed by atoms with van der Waals surface area (Å²) in [5.41, 5.74) is 12.5. The van der Waals surface area contributed by atoms with Crippen LogP contribution in [0, 0.1) is 18.8 Å². The Morgan fingerprint density at radius 2 is 1.24 bits per heavy atom. The Kier molecular flexibility index (Phi) is 8.20. The molecular formula is C45H36N5Pt-3. The summed E-state index contributed by atoms with van der Waals surface area (Å²) in [7, 11) is 2.08. The SMILES string of the molecule is CN1[CH-]N(c2[c-]c(-n3c4[c-]c(-n5nc(C(C)(C)C)c(-c6ccccc6)c5-c5ccccc5)ccc4c4ccccc43)ccc2)c2ccccc21.[Pt]. The van der Waals surface area contributed by atoms with Gasteiger partial charge in [-0.2, -0.15) is 23.9 Å². The van der Waals surface area contributed by atoms with E-state index in [1.807, 2.05) is 0 Å². The number of para-hydroxylation sites is 3. The second-order valence-corrected chi connectivity index (χ2v) is 13.9. The summed E-state index contributed by atoms with van der Waals surface area (Å²) in [6.07, 6.45) is 0. The van der Waals surface area contributed by atoms with Crippen molar-refractivity contribution in [2.45, 2.75) is 26.2 Å². The van der Waals surface area contributed by atoms with Crippen molar-refractivity contribution in [3.63, 3.8) is 0 Å². The van der Waals surface area contributed by atoms with Gasteiger partial charge < -0.3 is 14.4 Å². The first-order chi connectivity index (χ1) is 24.4. The molecule has 0 aliphatic carbocycles. The molecule has 9 rings (SSSR count). The smallest absolute Gasteiger partial charge is 0.0797 e. The predicted molar refractivity (Wildman–Crippen MR) is 206 cm³/mol. The summed E-state index contributed by atoms with van der Waals surface area (Å²) in [5.74, 6) is 0. The number of fused-ring (bicyclic) bond motifs is 4. The zero-order valence-corrected chi connectivity index (χ0v) is 31.2. The summed E-state index contributed by atoms with van der Waals surface area (Å²) in [6, 6.07) is 56.7. The maximum atomic E-state index is 5.42. The maximum Gasteiger partial charge on any atom is 0.0797 e. The van der Waals surface area contributed by atoms with Crippen molar-refractivity contribution in [2.75, 3.05) is 16.8 Å². The van der Waals surface area contributed by atoms with Gasteiger partial charge in [-0.25, -0.2) is 0 Å². The van der Waals surface area contributed by atoms with Gasteiger partial charge >= 0.3 is 0 Å². The molecule has 0 amide bonds. The van der Waals surface area contributed by atoms with Crippen LogP contribution in [-0.4, -0.2) is 21.4 Å². The molecule has 8 aromatic rings. The minimum absolute atomic E-state index is 0. The van der Waals surface area contributed by atoms with E-state index in [0.29, 0.717) is 0 Å². The van der Waals surface area contributed by atoms with E-state index in [1.54, 1.807) is 0 Å². The fourth-order valence-corrected chi connectivity index (χ4v) is 7.29. The van der Waals surface area contributed by atoms with Crippen molar-refractivity contribution in [1.29, 1.82) is 0 Å². The van der Waals surface area contributed by atoms with Crippen LogP contribution in [0.4, 0.5) is 17.1 Å². The normalized spacial score (nSPS) is 12.8. The van der Waals surface area contributed by atoms with Crippen molar-refractivity contribution in [3.05, 3.63) is 164 Å². The largest absolute Gasteiger partial charge is 0.504 e. The van der Waals surface area contributed by atoms with E-state index >= 15 is 0 Å². The monoisotopic (exact) mass is 841 g/mol. The van der Waals surface area contributed by atoms with Crippen LogP contribution in [0.5, 0.6) is 0 Å². The number of hydrogen-bond acceptors (Lipinski definition) is 3. The van der Waals surface area contributed by atoms with E-state index in [-0.39, 0.29) is 26.5 Å². The van der Waals surface area contributed by atoms with Gasteiger partial charge in [-0.3, -0.25) is 4.68 Å². The average Bonchev–Trinajstić information content (AvgIpc) is 3.82. The van der Waals surface area contributed by atoms with E-state index in [0.717, 1.165) is 67.2 Å². The van der Waals surface area contributed by atoms with Crippen LogP contribution in [0.1, 0.15) is 26.5 Å². The molecule has 0 unspecified atom stereocenters. The van der Waals surface area contributed by atoms with Crippen molar-refractivity contribution >= 4 is 38.9 Å². The molecular weight excluding hydrogens is 806 g/mol.